The van der Waals surface area contributed by atoms with Gasteiger partial charge in [-0.25, -0.2) is 4.79 Å². The quantitative estimate of drug-likeness (QED) is 0.661. The van der Waals surface area contributed by atoms with Gasteiger partial charge in [-0.2, -0.15) is 0 Å². The fraction of sp³-hybridized carbons (Fsp3) is 0.375. The van der Waals surface area contributed by atoms with E-state index in [0.717, 1.165) is 5.56 Å². The van der Waals surface area contributed by atoms with Crippen LogP contribution in [-0.2, 0) is 4.74 Å². The summed E-state index contributed by atoms with van der Waals surface area (Å²) in [5, 5.41) is 1.87. The summed E-state index contributed by atoms with van der Waals surface area (Å²) in [4.78, 5) is 11.6. The second kappa shape index (κ2) is 3.58. The van der Waals surface area contributed by atoms with Crippen molar-refractivity contribution in [1.82, 2.24) is 0 Å². The summed E-state index contributed by atoms with van der Waals surface area (Å²) in [5.74, 6) is 0.275. The lowest BCUT2D eigenvalue weighted by Crippen LogP contribution is -2.00. The third-order valence-corrected chi connectivity index (χ3v) is 2.55. The molecule has 0 spiro atoms. The molecule has 0 aliphatic carbocycles. The van der Waals surface area contributed by atoms with Crippen LogP contribution in [0.5, 0.6) is 5.75 Å². The molecule has 3 nitrogen and oxygen atoms in total. The van der Waals surface area contributed by atoms with Crippen LogP contribution < -0.4 is 4.74 Å². The van der Waals surface area contributed by atoms with Gasteiger partial charge in [0, 0.05) is 5.56 Å². The number of carbonyl (C=O) groups excluding carboxylic acids is 1. The topological polar surface area (TPSA) is 35.5 Å². The van der Waals surface area contributed by atoms with Crippen LogP contribution in [0, 0.1) is 6.92 Å². The van der Waals surface area contributed by atoms with E-state index in [1.165, 1.54) is 18.4 Å². The number of aryl methyl sites for hydroxylation is 1. The molecule has 0 saturated carbocycles. The minimum Gasteiger partial charge on any atom is -0.495 e. The first kappa shape index (κ1) is 9.06. The molecule has 1 aromatic rings. The zero-order valence-electron chi connectivity index (χ0n) is 7.21. The molecular weight excluding hydrogens is 176 g/mol. The fourth-order valence-electron chi connectivity index (χ4n) is 0.921. The summed E-state index contributed by atoms with van der Waals surface area (Å²) < 4.78 is 9.63. The van der Waals surface area contributed by atoms with Crippen molar-refractivity contribution in [2.24, 2.45) is 0 Å². The molecule has 0 amide bonds. The van der Waals surface area contributed by atoms with Crippen molar-refractivity contribution in [3.8, 4) is 5.75 Å². The average Bonchev–Trinajstić information content (AvgIpc) is 2.45. The van der Waals surface area contributed by atoms with Crippen molar-refractivity contribution < 1.29 is 14.3 Å². The number of esters is 1. The van der Waals surface area contributed by atoms with Crippen LogP contribution in [0.25, 0.3) is 0 Å². The van der Waals surface area contributed by atoms with E-state index < -0.39 is 0 Å². The highest BCUT2D eigenvalue weighted by atomic mass is 32.1. The Morgan fingerprint density at radius 3 is 2.67 bits per heavy atom. The van der Waals surface area contributed by atoms with Gasteiger partial charge in [0.05, 0.1) is 14.2 Å². The second-order valence-corrected chi connectivity index (χ2v) is 3.15. The molecule has 0 atom stereocenters. The largest absolute Gasteiger partial charge is 0.495 e. The van der Waals surface area contributed by atoms with Crippen LogP contribution in [-0.4, -0.2) is 20.2 Å². The second-order valence-electron chi connectivity index (χ2n) is 2.27. The van der Waals surface area contributed by atoms with Gasteiger partial charge in [0.15, 0.2) is 4.88 Å². The van der Waals surface area contributed by atoms with Gasteiger partial charge in [-0.05, 0) is 12.3 Å². The Kier molecular flexibility index (Phi) is 2.70. The molecule has 0 unspecified atom stereocenters. The third kappa shape index (κ3) is 1.43. The van der Waals surface area contributed by atoms with Gasteiger partial charge < -0.3 is 9.47 Å². The number of carbonyl (C=O) groups is 1. The van der Waals surface area contributed by atoms with E-state index in [4.69, 9.17) is 4.74 Å². The van der Waals surface area contributed by atoms with E-state index in [1.807, 2.05) is 12.3 Å². The lowest BCUT2D eigenvalue weighted by atomic mass is 10.3. The first-order valence-corrected chi connectivity index (χ1v) is 4.29. The molecule has 0 aliphatic heterocycles. The van der Waals surface area contributed by atoms with Crippen molar-refractivity contribution in [2.75, 3.05) is 14.2 Å². The van der Waals surface area contributed by atoms with Crippen molar-refractivity contribution >= 4 is 17.3 Å². The lowest BCUT2D eigenvalue weighted by Gasteiger charge is -2.00. The summed E-state index contributed by atoms with van der Waals surface area (Å²) >= 11 is 1.33. The van der Waals surface area contributed by atoms with Gasteiger partial charge in [0.25, 0.3) is 0 Å². The average molecular weight is 186 g/mol. The molecule has 1 aromatic heterocycles. The number of thiophene rings is 1. The molecule has 0 bridgehead atoms. The molecule has 0 N–H and O–H groups in total. The number of rotatable bonds is 2. The normalized spacial score (nSPS) is 9.58. The summed E-state index contributed by atoms with van der Waals surface area (Å²) in [7, 11) is 2.90. The minimum absolute atomic E-state index is 0.343. The molecule has 1 heterocycles. The van der Waals surface area contributed by atoms with Gasteiger partial charge in [0.1, 0.15) is 5.75 Å². The van der Waals surface area contributed by atoms with Crippen molar-refractivity contribution in [2.45, 2.75) is 6.92 Å². The summed E-state index contributed by atoms with van der Waals surface area (Å²) in [6.07, 6.45) is 0. The molecule has 0 fully saturated rings. The van der Waals surface area contributed by atoms with Gasteiger partial charge >= 0.3 is 5.97 Å². The Morgan fingerprint density at radius 2 is 2.17 bits per heavy atom. The Hall–Kier alpha value is -1.03. The Bertz CT molecular complexity index is 290. The maximum atomic E-state index is 11.1. The molecule has 0 saturated heterocycles. The summed E-state index contributed by atoms with van der Waals surface area (Å²) in [5.41, 5.74) is 0.961. The fourth-order valence-corrected chi connectivity index (χ4v) is 1.85. The molecular formula is C8H10O3S. The van der Waals surface area contributed by atoms with Crippen LogP contribution >= 0.6 is 11.3 Å². The molecule has 1 rings (SSSR count). The van der Waals surface area contributed by atoms with Crippen LogP contribution in [0.15, 0.2) is 5.38 Å². The van der Waals surface area contributed by atoms with Gasteiger partial charge in [0.2, 0.25) is 0 Å². The first-order chi connectivity index (χ1) is 5.70. The van der Waals surface area contributed by atoms with Crippen molar-refractivity contribution in [3.63, 3.8) is 0 Å². The van der Waals surface area contributed by atoms with Gasteiger partial charge in [-0.1, -0.05) is 0 Å². The molecule has 0 aliphatic rings. The number of hydrogen-bond donors (Lipinski definition) is 0. The Morgan fingerprint density at radius 1 is 1.50 bits per heavy atom. The van der Waals surface area contributed by atoms with Crippen LogP contribution in [0.4, 0.5) is 0 Å². The van der Waals surface area contributed by atoms with E-state index in [-0.39, 0.29) is 5.97 Å². The zero-order chi connectivity index (χ0) is 9.14. The standard InChI is InChI=1S/C8H10O3S/c1-5-4-12-7(6(5)10-2)8(9)11-3/h4H,1-3H3. The summed E-state index contributed by atoms with van der Waals surface area (Å²) in [6.45, 7) is 1.89. The number of methoxy groups -OCH3 is 2. The van der Waals surface area contributed by atoms with E-state index in [9.17, 15) is 4.79 Å². The molecule has 4 heteroatoms. The van der Waals surface area contributed by atoms with E-state index in [0.29, 0.717) is 10.6 Å². The van der Waals surface area contributed by atoms with Gasteiger partial charge in [-0.3, -0.25) is 0 Å². The van der Waals surface area contributed by atoms with Crippen LogP contribution in [0.3, 0.4) is 0 Å². The third-order valence-electron chi connectivity index (χ3n) is 1.49. The van der Waals surface area contributed by atoms with E-state index in [2.05, 4.69) is 4.74 Å². The maximum Gasteiger partial charge on any atom is 0.351 e. The molecule has 12 heavy (non-hydrogen) atoms. The lowest BCUT2D eigenvalue weighted by molar-refractivity contribution is 0.0603. The highest BCUT2D eigenvalue weighted by Crippen LogP contribution is 2.29. The predicted molar refractivity (Wildman–Crippen MR) is 46.9 cm³/mol. The molecule has 0 radical (unpaired) electrons. The molecule has 66 valence electrons. The van der Waals surface area contributed by atoms with Gasteiger partial charge in [-0.15, -0.1) is 11.3 Å². The molecule has 0 aromatic carbocycles. The highest BCUT2D eigenvalue weighted by molar-refractivity contribution is 7.12. The number of ether oxygens (including phenoxy) is 2. The summed E-state index contributed by atoms with van der Waals surface area (Å²) in [6, 6.07) is 0. The van der Waals surface area contributed by atoms with E-state index in [1.54, 1.807) is 7.11 Å². The monoisotopic (exact) mass is 186 g/mol. The Labute approximate surface area is 74.9 Å². The predicted octanol–water partition coefficient (Wildman–Crippen LogP) is 1.85. The van der Waals surface area contributed by atoms with Crippen LogP contribution in [0.1, 0.15) is 15.2 Å². The first-order valence-electron chi connectivity index (χ1n) is 3.41. The van der Waals surface area contributed by atoms with Crippen molar-refractivity contribution in [1.29, 1.82) is 0 Å². The Balaban J connectivity index is 3.07. The zero-order valence-corrected chi connectivity index (χ0v) is 8.03. The highest BCUT2D eigenvalue weighted by Gasteiger charge is 2.16. The SMILES string of the molecule is COC(=O)c1scc(C)c1OC. The van der Waals surface area contributed by atoms with Crippen molar-refractivity contribution in [3.05, 3.63) is 15.8 Å². The number of hydrogen-bond acceptors (Lipinski definition) is 4. The van der Waals surface area contributed by atoms with E-state index >= 15 is 0 Å². The smallest absolute Gasteiger partial charge is 0.351 e. The van der Waals surface area contributed by atoms with Crippen LogP contribution in [0.2, 0.25) is 0 Å². The maximum absolute atomic E-state index is 11.1. The minimum atomic E-state index is -0.343.